The topological polar surface area (TPSA) is 99.2 Å². The van der Waals surface area contributed by atoms with Gasteiger partial charge >= 0.3 is 5.97 Å². The Morgan fingerprint density at radius 2 is 1.51 bits per heavy atom. The Hall–Kier alpha value is -4.95. The lowest BCUT2D eigenvalue weighted by Gasteiger charge is -2.31. The summed E-state index contributed by atoms with van der Waals surface area (Å²) in [6.07, 6.45) is 1.49. The fourth-order valence-electron chi connectivity index (χ4n) is 5.98. The number of aliphatic carboxylic acids is 1. The molecule has 0 aromatic heterocycles. The van der Waals surface area contributed by atoms with Crippen molar-refractivity contribution in [1.82, 2.24) is 4.90 Å². The van der Waals surface area contributed by atoms with Crippen LogP contribution in [0.15, 0.2) is 103 Å². The van der Waals surface area contributed by atoms with Crippen LogP contribution in [0, 0.1) is 0 Å². The Labute approximate surface area is 263 Å². The van der Waals surface area contributed by atoms with Crippen LogP contribution < -0.4 is 10.2 Å². The summed E-state index contributed by atoms with van der Waals surface area (Å²) in [7, 11) is 0. The molecule has 6 rings (SSSR count). The third-order valence-corrected chi connectivity index (χ3v) is 8.64. The molecule has 2 amide bonds. The summed E-state index contributed by atoms with van der Waals surface area (Å²) < 4.78 is 5.59. The van der Waals surface area contributed by atoms with E-state index in [0.717, 1.165) is 59.6 Å². The molecule has 1 saturated heterocycles. The van der Waals surface area contributed by atoms with Gasteiger partial charge in [0.05, 0.1) is 36.4 Å². The van der Waals surface area contributed by atoms with Gasteiger partial charge in [0.2, 0.25) is 5.91 Å². The van der Waals surface area contributed by atoms with Gasteiger partial charge in [0.25, 0.3) is 5.91 Å². The Balaban J connectivity index is 1.28. The highest BCUT2D eigenvalue weighted by atomic mass is 16.5. The number of carboxylic acid groups (broad SMARTS) is 1. The van der Waals surface area contributed by atoms with E-state index in [0.29, 0.717) is 18.8 Å². The summed E-state index contributed by atoms with van der Waals surface area (Å²) in [5.74, 6) is -1.16. The van der Waals surface area contributed by atoms with Crippen molar-refractivity contribution < 1.29 is 24.2 Å². The third kappa shape index (κ3) is 6.91. The fraction of sp³-hybridized carbons (Fsp3) is 0.270. The first-order chi connectivity index (χ1) is 21.9. The molecule has 0 radical (unpaired) electrons. The second kappa shape index (κ2) is 13.4. The molecule has 1 aliphatic heterocycles. The number of amides is 2. The van der Waals surface area contributed by atoms with Crippen molar-refractivity contribution >= 4 is 29.2 Å². The largest absolute Gasteiger partial charge is 0.481 e. The van der Waals surface area contributed by atoms with Gasteiger partial charge in [0.1, 0.15) is 0 Å². The number of carbonyl (C=O) groups is 3. The summed E-state index contributed by atoms with van der Waals surface area (Å²) in [6, 6.07) is 32.9. The number of carboxylic acids is 1. The van der Waals surface area contributed by atoms with E-state index in [1.807, 2.05) is 66.7 Å². The first-order valence-electron chi connectivity index (χ1n) is 15.4. The zero-order valence-corrected chi connectivity index (χ0v) is 25.2. The maximum atomic E-state index is 13.8. The number of carbonyl (C=O) groups excluding carboxylic acids is 2. The Bertz CT molecular complexity index is 1660. The van der Waals surface area contributed by atoms with Crippen LogP contribution in [-0.2, 0) is 26.3 Å². The van der Waals surface area contributed by atoms with Crippen LogP contribution in [0.5, 0.6) is 0 Å². The van der Waals surface area contributed by atoms with E-state index in [-0.39, 0.29) is 31.3 Å². The molecule has 2 N–H and O–H groups in total. The monoisotopic (exact) mass is 603 g/mol. The van der Waals surface area contributed by atoms with E-state index >= 15 is 0 Å². The van der Waals surface area contributed by atoms with Crippen molar-refractivity contribution in [3.8, 4) is 11.1 Å². The van der Waals surface area contributed by atoms with Gasteiger partial charge in [-0.1, -0.05) is 72.8 Å². The average Bonchev–Trinajstić information content (AvgIpc) is 3.90. The normalized spacial score (nSPS) is 15.2. The van der Waals surface area contributed by atoms with Crippen molar-refractivity contribution in [2.45, 2.75) is 31.2 Å². The van der Waals surface area contributed by atoms with Crippen LogP contribution >= 0.6 is 0 Å². The molecule has 8 nitrogen and oxygen atoms in total. The van der Waals surface area contributed by atoms with E-state index in [9.17, 15) is 19.5 Å². The van der Waals surface area contributed by atoms with Crippen molar-refractivity contribution in [2.75, 3.05) is 43.1 Å². The molecule has 1 heterocycles. The van der Waals surface area contributed by atoms with Crippen molar-refractivity contribution in [2.24, 2.45) is 0 Å². The number of ether oxygens (including phenoxy) is 1. The van der Waals surface area contributed by atoms with Crippen LogP contribution in [0.4, 0.5) is 11.4 Å². The number of nitrogens with one attached hydrogen (secondary N) is 1. The lowest BCUT2D eigenvalue weighted by molar-refractivity contribution is -0.137. The molecule has 4 aromatic rings. The molecule has 0 spiro atoms. The van der Waals surface area contributed by atoms with E-state index < -0.39 is 11.4 Å². The average molecular weight is 604 g/mol. The van der Waals surface area contributed by atoms with E-state index in [1.165, 1.54) is 0 Å². The van der Waals surface area contributed by atoms with Crippen molar-refractivity contribution in [3.63, 3.8) is 0 Å². The number of hydrogen-bond donors (Lipinski definition) is 2. The first-order valence-corrected chi connectivity index (χ1v) is 15.4. The summed E-state index contributed by atoms with van der Waals surface area (Å²) in [6.45, 7) is 3.10. The molecular formula is C37H37N3O5. The predicted molar refractivity (Wildman–Crippen MR) is 174 cm³/mol. The zero-order chi connectivity index (χ0) is 31.2. The number of benzene rings is 4. The predicted octanol–water partition coefficient (Wildman–Crippen LogP) is 5.98. The number of hydrogen-bond acceptors (Lipinski definition) is 5. The van der Waals surface area contributed by atoms with Gasteiger partial charge in [-0.25, -0.2) is 0 Å². The number of morpholine rings is 1. The Morgan fingerprint density at radius 3 is 2.20 bits per heavy atom. The van der Waals surface area contributed by atoms with Gasteiger partial charge in [-0.15, -0.1) is 0 Å². The van der Waals surface area contributed by atoms with Crippen molar-refractivity contribution in [1.29, 1.82) is 0 Å². The molecule has 2 fully saturated rings. The van der Waals surface area contributed by atoms with Crippen LogP contribution in [0.25, 0.3) is 11.1 Å². The van der Waals surface area contributed by atoms with Gasteiger partial charge in [-0.05, 0) is 65.4 Å². The molecule has 45 heavy (non-hydrogen) atoms. The Morgan fingerprint density at radius 1 is 0.822 bits per heavy atom. The summed E-state index contributed by atoms with van der Waals surface area (Å²) in [5, 5.41) is 12.6. The molecule has 0 atom stereocenters. The van der Waals surface area contributed by atoms with E-state index in [2.05, 4.69) is 22.3 Å². The van der Waals surface area contributed by atoms with Crippen molar-refractivity contribution in [3.05, 3.63) is 120 Å². The van der Waals surface area contributed by atoms with Gasteiger partial charge in [0.15, 0.2) is 0 Å². The van der Waals surface area contributed by atoms with Gasteiger partial charge in [-0.2, -0.15) is 0 Å². The maximum Gasteiger partial charge on any atom is 0.305 e. The van der Waals surface area contributed by atoms with Crippen LogP contribution in [0.3, 0.4) is 0 Å². The SMILES string of the molecule is O=C(O)CCN(Cc1cccc(-c2ccc(N3CCOCC3)c(NC(=O)C3(c4ccccc4)CC3)c2)c1)C(=O)c1ccccc1. The number of nitrogens with zero attached hydrogens (tertiary/aromatic N) is 2. The van der Waals surface area contributed by atoms with Crippen LogP contribution in [0.2, 0.25) is 0 Å². The lowest BCUT2D eigenvalue weighted by atomic mass is 9.94. The van der Waals surface area contributed by atoms with E-state index in [4.69, 9.17) is 4.74 Å². The number of anilines is 2. The first kappa shape index (κ1) is 30.1. The second-order valence-electron chi connectivity index (χ2n) is 11.7. The lowest BCUT2D eigenvalue weighted by Crippen LogP contribution is -2.37. The quantitative estimate of drug-likeness (QED) is 0.219. The molecule has 8 heteroatoms. The molecule has 230 valence electrons. The molecule has 0 unspecified atom stereocenters. The minimum absolute atomic E-state index is 0.00241. The fourth-order valence-corrected chi connectivity index (χ4v) is 5.98. The van der Waals surface area contributed by atoms with E-state index in [1.54, 1.807) is 29.2 Å². The molecule has 4 aromatic carbocycles. The highest BCUT2D eigenvalue weighted by Crippen LogP contribution is 2.49. The minimum Gasteiger partial charge on any atom is -0.481 e. The maximum absolute atomic E-state index is 13.8. The molecule has 2 aliphatic rings. The van der Waals surface area contributed by atoms with Gasteiger partial charge < -0.3 is 25.0 Å². The summed E-state index contributed by atoms with van der Waals surface area (Å²) in [4.78, 5) is 42.3. The summed E-state index contributed by atoms with van der Waals surface area (Å²) >= 11 is 0. The molecule has 0 bridgehead atoms. The van der Waals surface area contributed by atoms with Crippen LogP contribution in [0.1, 0.15) is 40.7 Å². The standard InChI is InChI=1S/C37H37N3O5/c41-34(42)16-19-40(35(43)28-9-3-1-4-10-28)26-27-8-7-11-29(24-27)30-14-15-33(39-20-22-45-23-21-39)32(25-30)38-36(44)37(17-18-37)31-12-5-2-6-13-31/h1-15,24-25H,16-23,26H2,(H,38,44)(H,41,42). The van der Waals surface area contributed by atoms with Gasteiger partial charge in [-0.3, -0.25) is 14.4 Å². The highest BCUT2D eigenvalue weighted by Gasteiger charge is 2.51. The highest BCUT2D eigenvalue weighted by molar-refractivity contribution is 6.04. The Kier molecular flexibility index (Phi) is 8.93. The smallest absolute Gasteiger partial charge is 0.305 e. The third-order valence-electron chi connectivity index (χ3n) is 8.64. The molecular weight excluding hydrogens is 566 g/mol. The summed E-state index contributed by atoms with van der Waals surface area (Å²) in [5.41, 5.74) is 5.51. The second-order valence-corrected chi connectivity index (χ2v) is 11.7. The molecule has 1 aliphatic carbocycles. The van der Waals surface area contributed by atoms with Gasteiger partial charge in [0, 0.05) is 31.7 Å². The number of rotatable bonds is 11. The van der Waals surface area contributed by atoms with Crippen LogP contribution in [-0.4, -0.2) is 60.6 Å². The molecule has 1 saturated carbocycles. The zero-order valence-electron chi connectivity index (χ0n) is 25.2. The minimum atomic E-state index is -0.954.